The van der Waals surface area contributed by atoms with Crippen LogP contribution in [-0.2, 0) is 16.6 Å². The van der Waals surface area contributed by atoms with E-state index in [1.807, 2.05) is 0 Å². The Labute approximate surface area is 134 Å². The Balaban J connectivity index is 1.85. The topological polar surface area (TPSA) is 95.7 Å². The molecule has 0 unspecified atom stereocenters. The Bertz CT molecular complexity index is 748. The highest BCUT2D eigenvalue weighted by Crippen LogP contribution is 2.28. The zero-order chi connectivity index (χ0) is 16.5. The summed E-state index contributed by atoms with van der Waals surface area (Å²) in [5.74, 6) is 0. The minimum absolute atomic E-state index is 0.0297. The van der Waals surface area contributed by atoms with Crippen molar-refractivity contribution >= 4 is 10.0 Å². The molecule has 1 aliphatic rings. The second-order valence-corrected chi connectivity index (χ2v) is 7.70. The fraction of sp³-hybridized carbons (Fsp3) is 0.400. The fourth-order valence-corrected chi connectivity index (χ4v) is 4.34. The average Bonchev–Trinajstić information content (AvgIpc) is 3.03. The number of benzene rings is 1. The summed E-state index contributed by atoms with van der Waals surface area (Å²) in [6.07, 6.45) is 2.39. The van der Waals surface area contributed by atoms with Gasteiger partial charge in [-0.05, 0) is 24.6 Å². The third kappa shape index (κ3) is 3.16. The molecule has 1 aromatic carbocycles. The first-order valence-corrected chi connectivity index (χ1v) is 8.79. The van der Waals surface area contributed by atoms with E-state index in [1.165, 1.54) is 21.1 Å². The lowest BCUT2D eigenvalue weighted by Crippen LogP contribution is -2.60. The number of sulfonamides is 1. The van der Waals surface area contributed by atoms with Crippen molar-refractivity contribution in [3.05, 3.63) is 48.8 Å². The van der Waals surface area contributed by atoms with E-state index in [4.69, 9.17) is 0 Å². The van der Waals surface area contributed by atoms with Gasteiger partial charge < -0.3 is 10.2 Å². The maximum atomic E-state index is 12.7. The SMILES string of the molecule is O=S(=O)(c1ccccc1)N1CC[C@@H](O)[C@](O)(Cn2cccn2)C1. The summed E-state index contributed by atoms with van der Waals surface area (Å²) >= 11 is 0. The molecule has 23 heavy (non-hydrogen) atoms. The number of nitrogens with zero attached hydrogens (tertiary/aromatic N) is 3. The van der Waals surface area contributed by atoms with Gasteiger partial charge in [0.15, 0.2) is 0 Å². The van der Waals surface area contributed by atoms with E-state index in [0.29, 0.717) is 0 Å². The van der Waals surface area contributed by atoms with Crippen molar-refractivity contribution in [2.24, 2.45) is 0 Å². The van der Waals surface area contributed by atoms with E-state index >= 15 is 0 Å². The zero-order valence-corrected chi connectivity index (χ0v) is 13.3. The largest absolute Gasteiger partial charge is 0.390 e. The van der Waals surface area contributed by atoms with Gasteiger partial charge in [0, 0.05) is 25.5 Å². The van der Waals surface area contributed by atoms with Crippen LogP contribution in [0.2, 0.25) is 0 Å². The van der Waals surface area contributed by atoms with Crippen LogP contribution in [0.4, 0.5) is 0 Å². The number of rotatable bonds is 4. The first-order valence-electron chi connectivity index (χ1n) is 7.35. The van der Waals surface area contributed by atoms with E-state index in [-0.39, 0.29) is 31.0 Å². The van der Waals surface area contributed by atoms with Crippen LogP contribution in [0, 0.1) is 0 Å². The molecular formula is C15H19N3O4S. The molecule has 8 heteroatoms. The summed E-state index contributed by atoms with van der Waals surface area (Å²) < 4.78 is 28.1. The van der Waals surface area contributed by atoms with Crippen molar-refractivity contribution in [1.82, 2.24) is 14.1 Å². The van der Waals surface area contributed by atoms with E-state index in [2.05, 4.69) is 5.10 Å². The molecule has 0 amide bonds. The fourth-order valence-electron chi connectivity index (χ4n) is 2.80. The van der Waals surface area contributed by atoms with E-state index in [9.17, 15) is 18.6 Å². The Morgan fingerprint density at radius 2 is 2.00 bits per heavy atom. The average molecular weight is 337 g/mol. The number of aromatic nitrogens is 2. The number of β-amino-alcohol motifs (C(OH)–C–C–N with tert-alkyl or cyclic N) is 1. The first kappa shape index (κ1) is 16.1. The summed E-state index contributed by atoms with van der Waals surface area (Å²) in [5, 5.41) is 25.0. The van der Waals surface area contributed by atoms with Crippen molar-refractivity contribution in [3.63, 3.8) is 0 Å². The maximum Gasteiger partial charge on any atom is 0.243 e. The highest BCUT2D eigenvalue weighted by molar-refractivity contribution is 7.89. The Morgan fingerprint density at radius 1 is 1.26 bits per heavy atom. The van der Waals surface area contributed by atoms with Crippen LogP contribution in [0.25, 0.3) is 0 Å². The molecule has 7 nitrogen and oxygen atoms in total. The minimum atomic E-state index is -3.70. The van der Waals surface area contributed by atoms with Gasteiger partial charge in [-0.1, -0.05) is 18.2 Å². The molecule has 3 rings (SSSR count). The predicted octanol–water partition coefficient (Wildman–Crippen LogP) is 0.0697. The molecule has 0 radical (unpaired) electrons. The quantitative estimate of drug-likeness (QED) is 0.823. The lowest BCUT2D eigenvalue weighted by atomic mass is 9.91. The Morgan fingerprint density at radius 3 is 2.65 bits per heavy atom. The van der Waals surface area contributed by atoms with Crippen LogP contribution < -0.4 is 0 Å². The van der Waals surface area contributed by atoms with Gasteiger partial charge >= 0.3 is 0 Å². The molecule has 2 N–H and O–H groups in total. The molecule has 2 aromatic rings. The van der Waals surface area contributed by atoms with Gasteiger partial charge in [-0.3, -0.25) is 4.68 Å². The summed E-state index contributed by atoms with van der Waals surface area (Å²) in [6.45, 7) is 0.0209. The number of hydrogen-bond donors (Lipinski definition) is 2. The van der Waals surface area contributed by atoms with Gasteiger partial charge in [0.25, 0.3) is 0 Å². The van der Waals surface area contributed by atoms with E-state index < -0.39 is 21.7 Å². The highest BCUT2D eigenvalue weighted by atomic mass is 32.2. The summed E-state index contributed by atoms with van der Waals surface area (Å²) in [5.41, 5.74) is -1.58. The minimum Gasteiger partial charge on any atom is -0.390 e. The maximum absolute atomic E-state index is 12.7. The highest BCUT2D eigenvalue weighted by Gasteiger charge is 2.45. The van der Waals surface area contributed by atoms with Gasteiger partial charge in [0.05, 0.1) is 17.5 Å². The number of hydrogen-bond acceptors (Lipinski definition) is 5. The van der Waals surface area contributed by atoms with Gasteiger partial charge in [-0.2, -0.15) is 9.40 Å². The van der Waals surface area contributed by atoms with Gasteiger partial charge in [-0.15, -0.1) is 0 Å². The number of piperidine rings is 1. The van der Waals surface area contributed by atoms with Crippen molar-refractivity contribution in [2.75, 3.05) is 13.1 Å². The lowest BCUT2D eigenvalue weighted by Gasteiger charge is -2.41. The van der Waals surface area contributed by atoms with E-state index in [0.717, 1.165) is 0 Å². The number of aliphatic hydroxyl groups is 2. The second-order valence-electron chi connectivity index (χ2n) is 5.76. The molecule has 2 heterocycles. The molecule has 0 aliphatic carbocycles. The molecule has 1 fully saturated rings. The normalized spacial score (nSPS) is 26.3. The predicted molar refractivity (Wildman–Crippen MR) is 83.0 cm³/mol. The van der Waals surface area contributed by atoms with Crippen molar-refractivity contribution in [1.29, 1.82) is 0 Å². The monoisotopic (exact) mass is 337 g/mol. The van der Waals surface area contributed by atoms with Crippen LogP contribution in [0.1, 0.15) is 6.42 Å². The van der Waals surface area contributed by atoms with Gasteiger partial charge in [0.1, 0.15) is 5.60 Å². The molecule has 0 spiro atoms. The van der Waals surface area contributed by atoms with Crippen molar-refractivity contribution < 1.29 is 18.6 Å². The van der Waals surface area contributed by atoms with Crippen LogP contribution in [0.3, 0.4) is 0 Å². The summed E-state index contributed by atoms with van der Waals surface area (Å²) in [4.78, 5) is 0.179. The second kappa shape index (κ2) is 6.04. The smallest absolute Gasteiger partial charge is 0.243 e. The molecule has 0 saturated carbocycles. The summed E-state index contributed by atoms with van der Waals surface area (Å²) in [7, 11) is -3.70. The van der Waals surface area contributed by atoms with Crippen LogP contribution in [0.15, 0.2) is 53.7 Å². The molecule has 124 valence electrons. The van der Waals surface area contributed by atoms with E-state index in [1.54, 1.807) is 36.7 Å². The van der Waals surface area contributed by atoms with Crippen LogP contribution >= 0.6 is 0 Å². The lowest BCUT2D eigenvalue weighted by molar-refractivity contribution is -0.117. The third-order valence-electron chi connectivity index (χ3n) is 4.10. The molecule has 1 saturated heterocycles. The molecule has 2 atom stereocenters. The Hall–Kier alpha value is -1.74. The summed E-state index contributed by atoms with van der Waals surface area (Å²) in [6, 6.07) is 9.80. The first-order chi connectivity index (χ1) is 10.9. The Kier molecular flexibility index (Phi) is 4.24. The number of aliphatic hydroxyl groups excluding tert-OH is 1. The van der Waals surface area contributed by atoms with Crippen LogP contribution in [-0.4, -0.2) is 57.5 Å². The third-order valence-corrected chi connectivity index (χ3v) is 5.96. The standard InChI is InChI=1S/C15H19N3O4S/c19-14-7-10-18(23(21,22)13-5-2-1-3-6-13)12-15(14,20)11-17-9-4-8-16-17/h1-6,8-9,14,19-20H,7,10-12H2/t14-,15+/m1/s1. The van der Waals surface area contributed by atoms with Gasteiger partial charge in [-0.25, -0.2) is 8.42 Å². The molecule has 1 aromatic heterocycles. The molecule has 0 bridgehead atoms. The van der Waals surface area contributed by atoms with Crippen molar-refractivity contribution in [2.45, 2.75) is 29.6 Å². The van der Waals surface area contributed by atoms with Crippen molar-refractivity contribution in [3.8, 4) is 0 Å². The van der Waals surface area contributed by atoms with Crippen LogP contribution in [0.5, 0.6) is 0 Å². The molecular weight excluding hydrogens is 318 g/mol. The van der Waals surface area contributed by atoms with Gasteiger partial charge in [0.2, 0.25) is 10.0 Å². The zero-order valence-electron chi connectivity index (χ0n) is 12.5. The molecule has 1 aliphatic heterocycles.